The molecule has 2 saturated heterocycles. The van der Waals surface area contributed by atoms with Crippen molar-refractivity contribution in [1.29, 1.82) is 0 Å². The maximum absolute atomic E-state index is 13.1. The summed E-state index contributed by atoms with van der Waals surface area (Å²) in [7, 11) is 2.24. The molecule has 5 rings (SSSR count). The van der Waals surface area contributed by atoms with Crippen LogP contribution in [-0.4, -0.2) is 50.9 Å². The van der Waals surface area contributed by atoms with Crippen LogP contribution in [0.4, 0.5) is 0 Å². The van der Waals surface area contributed by atoms with E-state index in [0.717, 1.165) is 47.5 Å². The van der Waals surface area contributed by atoms with Gasteiger partial charge in [-0.3, -0.25) is 9.36 Å². The summed E-state index contributed by atoms with van der Waals surface area (Å²) in [5, 5.41) is 9.82. The minimum atomic E-state index is -0.296. The second-order valence-electron chi connectivity index (χ2n) is 9.20. The second kappa shape index (κ2) is 8.96. The average Bonchev–Trinajstić information content (AvgIpc) is 3.30. The van der Waals surface area contributed by atoms with Gasteiger partial charge in [0.25, 0.3) is 5.56 Å². The van der Waals surface area contributed by atoms with Gasteiger partial charge in [0.2, 0.25) is 0 Å². The van der Waals surface area contributed by atoms with E-state index in [1.54, 1.807) is 10.9 Å². The Kier molecular flexibility index (Phi) is 6.05. The number of aryl methyl sites for hydroxylation is 1. The van der Waals surface area contributed by atoms with Crippen molar-refractivity contribution in [2.45, 2.75) is 76.2 Å². The highest BCUT2D eigenvalue weighted by Crippen LogP contribution is 2.36. The van der Waals surface area contributed by atoms with Gasteiger partial charge in [-0.2, -0.15) is 0 Å². The van der Waals surface area contributed by atoms with Gasteiger partial charge < -0.3 is 14.7 Å². The molecule has 4 heterocycles. The Morgan fingerprint density at radius 1 is 1.22 bits per heavy atom. The molecular formula is C25H31N3O3S. The number of thiophene rings is 1. The van der Waals surface area contributed by atoms with E-state index in [9.17, 15) is 9.90 Å². The highest BCUT2D eigenvalue weighted by Gasteiger charge is 2.39. The summed E-state index contributed by atoms with van der Waals surface area (Å²) >= 11 is 1.48. The van der Waals surface area contributed by atoms with Crippen LogP contribution in [0, 0.1) is 0 Å². The lowest BCUT2D eigenvalue weighted by Crippen LogP contribution is -2.43. The monoisotopic (exact) mass is 453 g/mol. The Morgan fingerprint density at radius 2 is 1.94 bits per heavy atom. The molecule has 2 aliphatic heterocycles. The lowest BCUT2D eigenvalue weighted by atomic mass is 10.0. The number of nitrogens with zero attached hydrogens (tertiary/aromatic N) is 3. The third kappa shape index (κ3) is 4.21. The van der Waals surface area contributed by atoms with Crippen LogP contribution in [0.5, 0.6) is 5.75 Å². The lowest BCUT2D eigenvalue weighted by Gasteiger charge is -2.36. The number of hydrogen-bond donors (Lipinski definition) is 1. The first-order valence-corrected chi connectivity index (χ1v) is 12.5. The molecule has 32 heavy (non-hydrogen) atoms. The summed E-state index contributed by atoms with van der Waals surface area (Å²) in [6.07, 6.45) is 8.53. The van der Waals surface area contributed by atoms with Gasteiger partial charge in [0.05, 0.1) is 17.3 Å². The third-order valence-electron chi connectivity index (χ3n) is 7.16. The fraction of sp³-hybridized carbons (Fsp3) is 0.520. The van der Waals surface area contributed by atoms with Crippen molar-refractivity contribution in [3.8, 4) is 11.4 Å². The van der Waals surface area contributed by atoms with E-state index in [1.165, 1.54) is 24.2 Å². The molecule has 0 amide bonds. The Morgan fingerprint density at radius 3 is 2.62 bits per heavy atom. The van der Waals surface area contributed by atoms with Crippen LogP contribution < -0.4 is 10.3 Å². The van der Waals surface area contributed by atoms with Crippen molar-refractivity contribution in [3.05, 3.63) is 51.9 Å². The summed E-state index contributed by atoms with van der Waals surface area (Å²) in [4.78, 5) is 21.2. The van der Waals surface area contributed by atoms with E-state index in [0.29, 0.717) is 23.2 Å². The van der Waals surface area contributed by atoms with Crippen LogP contribution in [0.15, 0.2) is 41.5 Å². The highest BCUT2D eigenvalue weighted by atomic mass is 32.1. The van der Waals surface area contributed by atoms with Gasteiger partial charge in [0.1, 0.15) is 22.9 Å². The Bertz CT molecular complexity index is 1130. The maximum atomic E-state index is 13.1. The number of piperidine rings is 1. The standard InChI is InChI=1S/C25H31N3O3S/c1-3-19(29)8-11-22-14-23-24(32-22)25(30)28(15-26-23)16-6-9-20(10-7-16)31-21-12-17-4-5-18(13-21)27(17)2/h6-7,9-10,14-15,17-19,21,29H,3-5,8,11-13H2,1-2H3/t17-,18+,19?,21+. The van der Waals surface area contributed by atoms with Crippen molar-refractivity contribution in [1.82, 2.24) is 14.5 Å². The summed E-state index contributed by atoms with van der Waals surface area (Å²) in [6, 6.07) is 11.0. The van der Waals surface area contributed by atoms with Crippen LogP contribution in [-0.2, 0) is 6.42 Å². The molecule has 2 aliphatic rings. The zero-order valence-corrected chi connectivity index (χ0v) is 19.6. The first-order chi connectivity index (χ1) is 15.5. The van der Waals surface area contributed by atoms with E-state index < -0.39 is 0 Å². The topological polar surface area (TPSA) is 67.6 Å². The van der Waals surface area contributed by atoms with Crippen LogP contribution in [0.1, 0.15) is 50.3 Å². The van der Waals surface area contributed by atoms with Gasteiger partial charge in [-0.05, 0) is 82.3 Å². The van der Waals surface area contributed by atoms with E-state index in [2.05, 4.69) is 16.9 Å². The molecule has 0 spiro atoms. The number of rotatable bonds is 7. The molecule has 7 heteroatoms. The number of benzene rings is 1. The van der Waals surface area contributed by atoms with Crippen molar-refractivity contribution < 1.29 is 9.84 Å². The third-order valence-corrected chi connectivity index (χ3v) is 8.33. The molecule has 6 nitrogen and oxygen atoms in total. The molecule has 2 fully saturated rings. The minimum Gasteiger partial charge on any atom is -0.490 e. The maximum Gasteiger partial charge on any atom is 0.275 e. The van der Waals surface area contributed by atoms with E-state index in [1.807, 2.05) is 37.3 Å². The molecule has 1 N–H and O–H groups in total. The van der Waals surface area contributed by atoms with Gasteiger partial charge in [0.15, 0.2) is 0 Å². The molecule has 2 bridgehead atoms. The Labute approximate surface area is 192 Å². The summed E-state index contributed by atoms with van der Waals surface area (Å²) in [6.45, 7) is 1.98. The molecule has 2 aromatic heterocycles. The highest BCUT2D eigenvalue weighted by molar-refractivity contribution is 7.18. The first-order valence-electron chi connectivity index (χ1n) is 11.7. The SMILES string of the molecule is CCC(O)CCc1cc2ncn(-c3ccc(O[C@H]4C[C@H]5CC[C@@H](C4)N5C)cc3)c(=O)c2s1. The minimum absolute atomic E-state index is 0.0529. The van der Waals surface area contributed by atoms with Gasteiger partial charge in [-0.25, -0.2) is 4.98 Å². The van der Waals surface area contributed by atoms with Gasteiger partial charge in [0, 0.05) is 17.0 Å². The van der Waals surface area contributed by atoms with Gasteiger partial charge >= 0.3 is 0 Å². The van der Waals surface area contributed by atoms with E-state index in [-0.39, 0.29) is 17.8 Å². The Balaban J connectivity index is 1.30. The molecule has 170 valence electrons. The molecular weight excluding hydrogens is 422 g/mol. The second-order valence-corrected chi connectivity index (χ2v) is 10.3. The van der Waals surface area contributed by atoms with Crippen LogP contribution >= 0.6 is 11.3 Å². The molecule has 0 radical (unpaired) electrons. The summed E-state index contributed by atoms with van der Waals surface area (Å²) < 4.78 is 8.55. The fourth-order valence-electron chi connectivity index (χ4n) is 5.12. The zero-order valence-electron chi connectivity index (χ0n) is 18.7. The van der Waals surface area contributed by atoms with Crippen molar-refractivity contribution in [2.24, 2.45) is 0 Å². The van der Waals surface area contributed by atoms with E-state index >= 15 is 0 Å². The number of aliphatic hydroxyl groups excluding tert-OH is 1. The lowest BCUT2D eigenvalue weighted by molar-refractivity contribution is 0.0662. The quantitative estimate of drug-likeness (QED) is 0.582. The number of hydrogen-bond acceptors (Lipinski definition) is 6. The first kappa shape index (κ1) is 21.6. The fourth-order valence-corrected chi connectivity index (χ4v) is 6.17. The van der Waals surface area contributed by atoms with Crippen molar-refractivity contribution in [3.63, 3.8) is 0 Å². The zero-order chi connectivity index (χ0) is 22.2. The molecule has 3 aromatic rings. The van der Waals surface area contributed by atoms with Crippen LogP contribution in [0.2, 0.25) is 0 Å². The average molecular weight is 454 g/mol. The number of aromatic nitrogens is 2. The van der Waals surface area contributed by atoms with Gasteiger partial charge in [-0.15, -0.1) is 11.3 Å². The van der Waals surface area contributed by atoms with Gasteiger partial charge in [-0.1, -0.05) is 6.92 Å². The molecule has 1 unspecified atom stereocenters. The van der Waals surface area contributed by atoms with Crippen LogP contribution in [0.25, 0.3) is 15.9 Å². The van der Waals surface area contributed by atoms with E-state index in [4.69, 9.17) is 4.74 Å². The molecule has 0 aliphatic carbocycles. The molecule has 1 aromatic carbocycles. The Hall–Kier alpha value is -2.22. The summed E-state index contributed by atoms with van der Waals surface area (Å²) in [5.41, 5.74) is 1.47. The van der Waals surface area contributed by atoms with Crippen LogP contribution in [0.3, 0.4) is 0 Å². The molecule has 4 atom stereocenters. The predicted molar refractivity (Wildman–Crippen MR) is 128 cm³/mol. The van der Waals surface area contributed by atoms with Crippen molar-refractivity contribution in [2.75, 3.05) is 7.05 Å². The molecule has 0 saturated carbocycles. The largest absolute Gasteiger partial charge is 0.490 e. The smallest absolute Gasteiger partial charge is 0.275 e. The summed E-state index contributed by atoms with van der Waals surface area (Å²) in [5.74, 6) is 0.859. The van der Waals surface area contributed by atoms with Crippen molar-refractivity contribution >= 4 is 21.6 Å². The normalized spacial score (nSPS) is 24.2. The number of ether oxygens (including phenoxy) is 1. The number of aliphatic hydroxyl groups is 1. The predicted octanol–water partition coefficient (Wildman–Crippen LogP) is 4.15. The number of fused-ring (bicyclic) bond motifs is 3.